The van der Waals surface area contributed by atoms with Crippen LogP contribution in [0.5, 0.6) is 0 Å². The predicted molar refractivity (Wildman–Crippen MR) is 82.9 cm³/mol. The summed E-state index contributed by atoms with van der Waals surface area (Å²) >= 11 is 0. The Morgan fingerprint density at radius 2 is 2.17 bits per heavy atom. The number of aryl methyl sites for hydroxylation is 1. The lowest BCUT2D eigenvalue weighted by atomic mass is 10.0. The van der Waals surface area contributed by atoms with Crippen LogP contribution in [0.25, 0.3) is 11.1 Å². The third-order valence-corrected chi connectivity index (χ3v) is 4.30. The van der Waals surface area contributed by atoms with Gasteiger partial charge in [-0.15, -0.1) is 0 Å². The topological polar surface area (TPSA) is 72.4 Å². The summed E-state index contributed by atoms with van der Waals surface area (Å²) < 4.78 is 11.2. The average molecular weight is 311 g/mol. The van der Waals surface area contributed by atoms with Crippen molar-refractivity contribution in [3.05, 3.63) is 48.0 Å². The summed E-state index contributed by atoms with van der Waals surface area (Å²) in [5.41, 5.74) is 2.17. The van der Waals surface area contributed by atoms with Gasteiger partial charge in [0.15, 0.2) is 12.0 Å². The first-order chi connectivity index (χ1) is 11.2. The Bertz CT molecular complexity index is 819. The highest BCUT2D eigenvalue weighted by atomic mass is 16.4. The minimum absolute atomic E-state index is 0.146. The molecule has 1 amide bonds. The van der Waals surface area contributed by atoms with E-state index in [1.165, 1.54) is 6.39 Å². The van der Waals surface area contributed by atoms with E-state index in [0.717, 1.165) is 30.4 Å². The fraction of sp³-hybridized carbons (Fsp3) is 0.353. The maximum absolute atomic E-state index is 12.8. The van der Waals surface area contributed by atoms with Crippen LogP contribution in [0, 0.1) is 6.92 Å². The van der Waals surface area contributed by atoms with Gasteiger partial charge in [0.05, 0.1) is 5.69 Å². The molecule has 1 atom stereocenters. The highest BCUT2D eigenvalue weighted by Gasteiger charge is 2.34. The minimum Gasteiger partial charge on any atom is -0.438 e. The molecule has 0 radical (unpaired) electrons. The van der Waals surface area contributed by atoms with Crippen molar-refractivity contribution in [2.24, 2.45) is 0 Å². The van der Waals surface area contributed by atoms with Crippen LogP contribution in [-0.2, 0) is 0 Å². The van der Waals surface area contributed by atoms with E-state index in [2.05, 4.69) is 9.97 Å². The van der Waals surface area contributed by atoms with E-state index in [4.69, 9.17) is 8.83 Å². The van der Waals surface area contributed by atoms with Gasteiger partial charge in [-0.05, 0) is 38.3 Å². The predicted octanol–water partition coefficient (Wildman–Crippen LogP) is 3.49. The molecule has 6 nitrogen and oxygen atoms in total. The third-order valence-electron chi connectivity index (χ3n) is 4.30. The normalized spacial score (nSPS) is 18.5. The van der Waals surface area contributed by atoms with Crippen molar-refractivity contribution in [1.82, 2.24) is 14.9 Å². The molecule has 1 aliphatic rings. The molecule has 0 bridgehead atoms. The zero-order valence-corrected chi connectivity index (χ0v) is 12.9. The molecule has 0 N–H and O–H groups in total. The molecule has 4 rings (SSSR count). The summed E-state index contributed by atoms with van der Waals surface area (Å²) in [7, 11) is 0. The fourth-order valence-electron chi connectivity index (χ4n) is 3.10. The Labute approximate surface area is 133 Å². The monoisotopic (exact) mass is 311 g/mol. The third kappa shape index (κ3) is 2.40. The number of oxazole rings is 2. The second-order valence-electron chi connectivity index (χ2n) is 5.80. The molecule has 0 spiro atoms. The fourth-order valence-corrected chi connectivity index (χ4v) is 3.10. The van der Waals surface area contributed by atoms with E-state index in [-0.39, 0.29) is 11.9 Å². The van der Waals surface area contributed by atoms with Crippen molar-refractivity contribution >= 4 is 17.0 Å². The van der Waals surface area contributed by atoms with Crippen LogP contribution in [0.1, 0.15) is 47.4 Å². The molecule has 2 aromatic heterocycles. The number of carbonyl (C=O) groups excluding carboxylic acids is 1. The number of hydrogen-bond donors (Lipinski definition) is 0. The Kier molecular flexibility index (Phi) is 3.37. The number of hydrogen-bond acceptors (Lipinski definition) is 5. The van der Waals surface area contributed by atoms with E-state index >= 15 is 0 Å². The summed E-state index contributed by atoms with van der Waals surface area (Å²) in [6, 6.07) is 7.49. The largest absolute Gasteiger partial charge is 0.438 e. The van der Waals surface area contributed by atoms with E-state index in [0.29, 0.717) is 23.9 Å². The Balaban J connectivity index is 1.70. The highest BCUT2D eigenvalue weighted by molar-refractivity contribution is 5.92. The number of likely N-dealkylation sites (tertiary alicyclic amines) is 1. The number of nitrogens with zero attached hydrogens (tertiary/aromatic N) is 3. The lowest BCUT2D eigenvalue weighted by molar-refractivity contribution is 0.0541. The van der Waals surface area contributed by atoms with Gasteiger partial charge < -0.3 is 13.7 Å². The van der Waals surface area contributed by atoms with E-state index in [1.807, 2.05) is 24.3 Å². The molecular weight excluding hydrogens is 294 g/mol. The van der Waals surface area contributed by atoms with Crippen LogP contribution in [0.4, 0.5) is 0 Å². The first kappa shape index (κ1) is 14.0. The molecule has 1 aromatic carbocycles. The summed E-state index contributed by atoms with van der Waals surface area (Å²) in [4.78, 5) is 23.2. The summed E-state index contributed by atoms with van der Waals surface area (Å²) in [6.07, 6.45) is 4.16. The van der Waals surface area contributed by atoms with Crippen LogP contribution in [0.15, 0.2) is 39.5 Å². The quantitative estimate of drug-likeness (QED) is 0.724. The average Bonchev–Trinajstić information content (AvgIpc) is 3.20. The van der Waals surface area contributed by atoms with Crippen molar-refractivity contribution in [2.45, 2.75) is 32.2 Å². The number of piperidine rings is 1. The zero-order valence-electron chi connectivity index (χ0n) is 12.9. The van der Waals surface area contributed by atoms with Gasteiger partial charge in [-0.25, -0.2) is 9.97 Å². The summed E-state index contributed by atoms with van der Waals surface area (Å²) in [5.74, 6) is 0.747. The molecule has 1 saturated heterocycles. The molecule has 1 unspecified atom stereocenters. The molecule has 3 aromatic rings. The lowest BCUT2D eigenvalue weighted by Crippen LogP contribution is -2.38. The molecule has 6 heteroatoms. The van der Waals surface area contributed by atoms with Crippen LogP contribution >= 0.6 is 0 Å². The van der Waals surface area contributed by atoms with Crippen molar-refractivity contribution in [1.29, 1.82) is 0 Å². The van der Waals surface area contributed by atoms with Gasteiger partial charge in [0.1, 0.15) is 11.6 Å². The van der Waals surface area contributed by atoms with E-state index in [9.17, 15) is 4.79 Å². The molecular formula is C17H17N3O3. The van der Waals surface area contributed by atoms with Crippen LogP contribution in [0.2, 0.25) is 0 Å². The molecule has 1 fully saturated rings. The summed E-state index contributed by atoms with van der Waals surface area (Å²) in [6.45, 7) is 2.44. The summed E-state index contributed by atoms with van der Waals surface area (Å²) in [5, 5.41) is 0. The standard InChI is InChI=1S/C17H17N3O3/c1-11-15(22-10-18-11)17(21)20-9-5-4-7-13(20)16-19-12-6-2-3-8-14(12)23-16/h2-3,6,8,10,13H,4-5,7,9H2,1H3. The first-order valence-electron chi connectivity index (χ1n) is 7.80. The van der Waals surface area contributed by atoms with Crippen LogP contribution < -0.4 is 0 Å². The smallest absolute Gasteiger partial charge is 0.292 e. The first-order valence-corrected chi connectivity index (χ1v) is 7.80. The molecule has 0 saturated carbocycles. The molecule has 23 heavy (non-hydrogen) atoms. The number of amides is 1. The second-order valence-corrected chi connectivity index (χ2v) is 5.80. The van der Waals surface area contributed by atoms with Gasteiger partial charge in [0.25, 0.3) is 5.91 Å². The Morgan fingerprint density at radius 1 is 1.30 bits per heavy atom. The SMILES string of the molecule is Cc1ncoc1C(=O)N1CCCCC1c1nc2ccccc2o1. The van der Waals surface area contributed by atoms with Gasteiger partial charge in [0, 0.05) is 6.54 Å². The molecule has 118 valence electrons. The Hall–Kier alpha value is -2.63. The van der Waals surface area contributed by atoms with E-state index < -0.39 is 0 Å². The maximum Gasteiger partial charge on any atom is 0.292 e. The zero-order chi connectivity index (χ0) is 15.8. The minimum atomic E-state index is -0.159. The van der Waals surface area contributed by atoms with Gasteiger partial charge in [-0.3, -0.25) is 4.79 Å². The molecule has 0 aliphatic carbocycles. The van der Waals surface area contributed by atoms with Crippen LogP contribution in [0.3, 0.4) is 0 Å². The lowest BCUT2D eigenvalue weighted by Gasteiger charge is -2.33. The maximum atomic E-state index is 12.8. The Morgan fingerprint density at radius 3 is 2.96 bits per heavy atom. The van der Waals surface area contributed by atoms with Crippen molar-refractivity contribution in [3.63, 3.8) is 0 Å². The number of aromatic nitrogens is 2. The highest BCUT2D eigenvalue weighted by Crippen LogP contribution is 2.33. The van der Waals surface area contributed by atoms with Gasteiger partial charge in [-0.1, -0.05) is 12.1 Å². The molecule has 3 heterocycles. The number of fused-ring (bicyclic) bond motifs is 1. The van der Waals surface area contributed by atoms with Gasteiger partial charge in [0.2, 0.25) is 11.7 Å². The van der Waals surface area contributed by atoms with E-state index in [1.54, 1.807) is 11.8 Å². The van der Waals surface area contributed by atoms with Crippen LogP contribution in [-0.4, -0.2) is 27.3 Å². The number of carbonyl (C=O) groups is 1. The van der Waals surface area contributed by atoms with Gasteiger partial charge >= 0.3 is 0 Å². The second kappa shape index (κ2) is 5.53. The van der Waals surface area contributed by atoms with Crippen molar-refractivity contribution < 1.29 is 13.6 Å². The molecule has 1 aliphatic heterocycles. The van der Waals surface area contributed by atoms with Crippen molar-refractivity contribution in [2.75, 3.05) is 6.54 Å². The number of rotatable bonds is 2. The number of benzene rings is 1. The van der Waals surface area contributed by atoms with Crippen molar-refractivity contribution in [3.8, 4) is 0 Å². The van der Waals surface area contributed by atoms with Gasteiger partial charge in [-0.2, -0.15) is 0 Å². The number of para-hydroxylation sites is 2.